The van der Waals surface area contributed by atoms with Crippen LogP contribution < -0.4 is 5.32 Å². The molecule has 1 aromatic heterocycles. The minimum atomic E-state index is -3.55. The van der Waals surface area contributed by atoms with E-state index in [1.807, 2.05) is 36.4 Å². The number of hydrogen-bond donors (Lipinski definition) is 1. The van der Waals surface area contributed by atoms with Crippen LogP contribution in [0.5, 0.6) is 0 Å². The SMILES string of the molecule is C=CCS(=O)(=O)n1cc(CCNC(=O)OC(C)(C)C)cc1-c1ccccc1. The van der Waals surface area contributed by atoms with E-state index in [9.17, 15) is 13.2 Å². The number of carbonyl (C=O) groups is 1. The van der Waals surface area contributed by atoms with Gasteiger partial charge >= 0.3 is 6.09 Å². The molecule has 0 fully saturated rings. The number of aromatic nitrogens is 1. The molecule has 1 heterocycles. The Bertz CT molecular complexity index is 894. The number of benzene rings is 1. The summed E-state index contributed by atoms with van der Waals surface area (Å²) in [5, 5.41) is 2.68. The van der Waals surface area contributed by atoms with Crippen molar-refractivity contribution in [3.05, 3.63) is 60.8 Å². The first-order chi connectivity index (χ1) is 12.6. The van der Waals surface area contributed by atoms with Gasteiger partial charge in [0, 0.05) is 12.7 Å². The molecule has 7 heteroatoms. The van der Waals surface area contributed by atoms with Gasteiger partial charge in [-0.1, -0.05) is 36.4 Å². The van der Waals surface area contributed by atoms with Gasteiger partial charge in [-0.2, -0.15) is 0 Å². The van der Waals surface area contributed by atoms with Crippen molar-refractivity contribution < 1.29 is 17.9 Å². The molecule has 2 rings (SSSR count). The van der Waals surface area contributed by atoms with E-state index in [0.29, 0.717) is 18.7 Å². The van der Waals surface area contributed by atoms with Gasteiger partial charge in [0.05, 0.1) is 11.4 Å². The highest BCUT2D eigenvalue weighted by molar-refractivity contribution is 7.90. The Morgan fingerprint density at radius 3 is 2.52 bits per heavy atom. The van der Waals surface area contributed by atoms with Crippen LogP contribution in [0.1, 0.15) is 26.3 Å². The number of carbonyl (C=O) groups excluding carboxylic acids is 1. The highest BCUT2D eigenvalue weighted by atomic mass is 32.2. The predicted molar refractivity (Wildman–Crippen MR) is 107 cm³/mol. The first-order valence-corrected chi connectivity index (χ1v) is 10.3. The fourth-order valence-electron chi connectivity index (χ4n) is 2.54. The second-order valence-corrected chi connectivity index (χ2v) is 9.03. The third-order valence-corrected chi connectivity index (χ3v) is 5.18. The Balaban J connectivity index is 2.20. The van der Waals surface area contributed by atoms with Crippen molar-refractivity contribution in [3.63, 3.8) is 0 Å². The monoisotopic (exact) mass is 390 g/mol. The summed E-state index contributed by atoms with van der Waals surface area (Å²) in [4.78, 5) is 11.7. The molecule has 0 saturated heterocycles. The van der Waals surface area contributed by atoms with Crippen LogP contribution in [0.3, 0.4) is 0 Å². The number of nitrogens with one attached hydrogen (secondary N) is 1. The predicted octanol–water partition coefficient (Wildman–Crippen LogP) is 3.59. The van der Waals surface area contributed by atoms with Crippen LogP contribution in [0.25, 0.3) is 11.3 Å². The Hall–Kier alpha value is -2.54. The minimum Gasteiger partial charge on any atom is -0.444 e. The van der Waals surface area contributed by atoms with Crippen LogP contribution in [0, 0.1) is 0 Å². The third kappa shape index (κ3) is 5.99. The van der Waals surface area contributed by atoms with Gasteiger partial charge in [0.15, 0.2) is 0 Å². The summed E-state index contributed by atoms with van der Waals surface area (Å²) in [6.45, 7) is 9.25. The normalized spacial score (nSPS) is 11.8. The van der Waals surface area contributed by atoms with Gasteiger partial charge in [0.2, 0.25) is 10.0 Å². The molecule has 1 N–H and O–H groups in total. The Kier molecular flexibility index (Phi) is 6.49. The van der Waals surface area contributed by atoms with Crippen molar-refractivity contribution in [3.8, 4) is 11.3 Å². The summed E-state index contributed by atoms with van der Waals surface area (Å²) in [6, 6.07) is 11.1. The number of nitrogens with zero attached hydrogens (tertiary/aromatic N) is 1. The van der Waals surface area contributed by atoms with Crippen LogP contribution in [0.2, 0.25) is 0 Å². The summed E-state index contributed by atoms with van der Waals surface area (Å²) >= 11 is 0. The summed E-state index contributed by atoms with van der Waals surface area (Å²) in [5.74, 6) is -0.156. The molecular formula is C20H26N2O4S. The first-order valence-electron chi connectivity index (χ1n) is 8.70. The molecule has 1 aromatic carbocycles. The molecule has 6 nitrogen and oxygen atoms in total. The van der Waals surface area contributed by atoms with Crippen molar-refractivity contribution in [1.82, 2.24) is 9.29 Å². The molecule has 0 aliphatic rings. The molecule has 146 valence electrons. The molecule has 0 radical (unpaired) electrons. The maximum absolute atomic E-state index is 12.6. The zero-order valence-electron chi connectivity index (χ0n) is 15.9. The Labute approximate surface area is 160 Å². The fraction of sp³-hybridized carbons (Fsp3) is 0.350. The van der Waals surface area contributed by atoms with Crippen molar-refractivity contribution >= 4 is 16.1 Å². The van der Waals surface area contributed by atoms with Crippen molar-refractivity contribution in [2.45, 2.75) is 32.8 Å². The maximum atomic E-state index is 12.6. The average molecular weight is 391 g/mol. The highest BCUT2D eigenvalue weighted by Crippen LogP contribution is 2.24. The summed E-state index contributed by atoms with van der Waals surface area (Å²) in [6.07, 6.45) is 2.95. The topological polar surface area (TPSA) is 77.4 Å². The zero-order valence-corrected chi connectivity index (χ0v) is 16.8. The average Bonchev–Trinajstić information content (AvgIpc) is 2.99. The van der Waals surface area contributed by atoms with Crippen molar-refractivity contribution in [2.24, 2.45) is 0 Å². The second kappa shape index (κ2) is 8.43. The molecule has 2 aromatic rings. The van der Waals surface area contributed by atoms with Crippen LogP contribution in [0.4, 0.5) is 4.79 Å². The zero-order chi connectivity index (χ0) is 20.1. The molecule has 1 amide bonds. The molecular weight excluding hydrogens is 364 g/mol. The van der Waals surface area contributed by atoms with E-state index in [1.54, 1.807) is 27.0 Å². The lowest BCUT2D eigenvalue weighted by Gasteiger charge is -2.19. The van der Waals surface area contributed by atoms with E-state index in [1.165, 1.54) is 10.0 Å². The molecule has 0 aliphatic heterocycles. The second-order valence-electron chi connectivity index (χ2n) is 7.14. The maximum Gasteiger partial charge on any atom is 0.407 e. The lowest BCUT2D eigenvalue weighted by atomic mass is 10.1. The standard InChI is InChI=1S/C20H26N2O4S/c1-5-13-27(24,25)22-15-16(11-12-21-19(23)26-20(2,3)4)14-18(22)17-9-7-6-8-10-17/h5-10,14-15H,1,11-13H2,2-4H3,(H,21,23). The number of alkyl carbamates (subject to hydrolysis) is 1. The van der Waals surface area contributed by atoms with Gasteiger partial charge in [0.1, 0.15) is 5.60 Å². The molecule has 0 aliphatic carbocycles. The van der Waals surface area contributed by atoms with Gasteiger partial charge in [-0.3, -0.25) is 0 Å². The molecule has 0 spiro atoms. The van der Waals surface area contributed by atoms with E-state index in [-0.39, 0.29) is 5.75 Å². The summed E-state index contributed by atoms with van der Waals surface area (Å²) in [5.41, 5.74) is 1.63. The number of ether oxygens (including phenoxy) is 1. The van der Waals surface area contributed by atoms with Crippen LogP contribution >= 0.6 is 0 Å². The number of hydrogen-bond acceptors (Lipinski definition) is 4. The largest absolute Gasteiger partial charge is 0.444 e. The van der Waals surface area contributed by atoms with Crippen molar-refractivity contribution in [1.29, 1.82) is 0 Å². The van der Waals surface area contributed by atoms with E-state index in [4.69, 9.17) is 4.74 Å². The summed E-state index contributed by atoms with van der Waals surface area (Å²) < 4.78 is 31.6. The third-order valence-electron chi connectivity index (χ3n) is 3.62. The first kappa shape index (κ1) is 20.8. The van der Waals surface area contributed by atoms with Crippen LogP contribution in [-0.2, 0) is 21.2 Å². The van der Waals surface area contributed by atoms with Crippen LogP contribution in [-0.4, -0.2) is 36.4 Å². The molecule has 0 saturated carbocycles. The van der Waals surface area contributed by atoms with Gasteiger partial charge < -0.3 is 10.1 Å². The van der Waals surface area contributed by atoms with Gasteiger partial charge in [-0.05, 0) is 44.4 Å². The lowest BCUT2D eigenvalue weighted by molar-refractivity contribution is 0.0528. The van der Waals surface area contributed by atoms with E-state index in [0.717, 1.165) is 11.1 Å². The van der Waals surface area contributed by atoms with E-state index >= 15 is 0 Å². The Morgan fingerprint density at radius 1 is 1.26 bits per heavy atom. The highest BCUT2D eigenvalue weighted by Gasteiger charge is 2.19. The quantitative estimate of drug-likeness (QED) is 0.733. The smallest absolute Gasteiger partial charge is 0.407 e. The fourth-order valence-corrected chi connectivity index (χ4v) is 3.75. The Morgan fingerprint density at radius 2 is 1.93 bits per heavy atom. The van der Waals surface area contributed by atoms with Crippen LogP contribution in [0.15, 0.2) is 55.3 Å². The van der Waals surface area contributed by atoms with Gasteiger partial charge in [0.25, 0.3) is 0 Å². The molecule has 27 heavy (non-hydrogen) atoms. The lowest BCUT2D eigenvalue weighted by Crippen LogP contribution is -2.33. The summed E-state index contributed by atoms with van der Waals surface area (Å²) in [7, 11) is -3.55. The number of amides is 1. The minimum absolute atomic E-state index is 0.156. The van der Waals surface area contributed by atoms with Gasteiger partial charge in [-0.25, -0.2) is 17.2 Å². The van der Waals surface area contributed by atoms with E-state index < -0.39 is 21.7 Å². The number of rotatable bonds is 7. The van der Waals surface area contributed by atoms with E-state index in [2.05, 4.69) is 11.9 Å². The van der Waals surface area contributed by atoms with Gasteiger partial charge in [-0.15, -0.1) is 6.58 Å². The molecule has 0 atom stereocenters. The molecule has 0 bridgehead atoms. The molecule has 0 unspecified atom stereocenters. The van der Waals surface area contributed by atoms with Crippen molar-refractivity contribution in [2.75, 3.05) is 12.3 Å².